The molecule has 1 aromatic heterocycles. The van der Waals surface area contributed by atoms with Crippen molar-refractivity contribution in [2.24, 2.45) is 5.73 Å². The first-order chi connectivity index (χ1) is 8.24. The van der Waals surface area contributed by atoms with Crippen LogP contribution in [-0.2, 0) is 0 Å². The zero-order valence-corrected chi connectivity index (χ0v) is 10.6. The Balaban J connectivity index is 2.92. The van der Waals surface area contributed by atoms with Crippen LogP contribution in [0.4, 0.5) is 5.95 Å². The van der Waals surface area contributed by atoms with E-state index in [1.54, 1.807) is 20.3 Å². The molecule has 0 fully saturated rings. The molecule has 0 aromatic carbocycles. The van der Waals surface area contributed by atoms with E-state index in [0.717, 1.165) is 19.5 Å². The van der Waals surface area contributed by atoms with Gasteiger partial charge in [0.15, 0.2) is 0 Å². The SMILES string of the molecule is CCN(CCCN)c1nc(OC)cc(OC)n1. The van der Waals surface area contributed by atoms with Crippen molar-refractivity contribution in [3.63, 3.8) is 0 Å². The van der Waals surface area contributed by atoms with Gasteiger partial charge in [-0.05, 0) is 19.9 Å². The van der Waals surface area contributed by atoms with Gasteiger partial charge in [-0.2, -0.15) is 9.97 Å². The molecule has 1 rings (SSSR count). The van der Waals surface area contributed by atoms with Crippen molar-refractivity contribution in [1.29, 1.82) is 0 Å². The molecule has 6 nitrogen and oxygen atoms in total. The Kier molecular flexibility index (Phi) is 5.48. The normalized spacial score (nSPS) is 10.1. The molecule has 0 radical (unpaired) electrons. The number of aromatic nitrogens is 2. The van der Waals surface area contributed by atoms with Crippen LogP contribution in [0.5, 0.6) is 11.8 Å². The second-order valence-electron chi connectivity index (χ2n) is 3.47. The second-order valence-corrected chi connectivity index (χ2v) is 3.47. The van der Waals surface area contributed by atoms with Crippen molar-refractivity contribution in [2.75, 3.05) is 38.8 Å². The number of nitrogens with two attached hydrogens (primary N) is 1. The summed E-state index contributed by atoms with van der Waals surface area (Å²) < 4.78 is 10.2. The van der Waals surface area contributed by atoms with E-state index in [1.165, 1.54) is 0 Å². The Labute approximate surface area is 102 Å². The average Bonchev–Trinajstić information content (AvgIpc) is 2.39. The van der Waals surface area contributed by atoms with Crippen molar-refractivity contribution in [1.82, 2.24) is 9.97 Å². The van der Waals surface area contributed by atoms with Gasteiger partial charge < -0.3 is 20.1 Å². The Hall–Kier alpha value is -1.56. The highest BCUT2D eigenvalue weighted by Gasteiger charge is 2.11. The van der Waals surface area contributed by atoms with Crippen LogP contribution in [-0.4, -0.2) is 43.8 Å². The van der Waals surface area contributed by atoms with Crippen molar-refractivity contribution < 1.29 is 9.47 Å². The first-order valence-corrected chi connectivity index (χ1v) is 5.67. The van der Waals surface area contributed by atoms with E-state index in [0.29, 0.717) is 24.3 Å². The lowest BCUT2D eigenvalue weighted by Gasteiger charge is -2.21. The number of ether oxygens (including phenoxy) is 2. The van der Waals surface area contributed by atoms with Gasteiger partial charge in [-0.1, -0.05) is 0 Å². The van der Waals surface area contributed by atoms with Crippen LogP contribution in [0.2, 0.25) is 0 Å². The van der Waals surface area contributed by atoms with Crippen LogP contribution in [0.25, 0.3) is 0 Å². The van der Waals surface area contributed by atoms with E-state index >= 15 is 0 Å². The Morgan fingerprint density at radius 3 is 2.24 bits per heavy atom. The maximum absolute atomic E-state index is 5.50. The fourth-order valence-corrected chi connectivity index (χ4v) is 1.42. The third-order valence-electron chi connectivity index (χ3n) is 2.38. The molecule has 2 N–H and O–H groups in total. The lowest BCUT2D eigenvalue weighted by Crippen LogP contribution is -2.27. The van der Waals surface area contributed by atoms with E-state index in [-0.39, 0.29) is 0 Å². The standard InChI is InChI=1S/C11H20N4O2/c1-4-15(7-5-6-12)11-13-9(16-2)8-10(14-11)17-3/h8H,4-7,12H2,1-3H3. The van der Waals surface area contributed by atoms with Crippen LogP contribution in [0.3, 0.4) is 0 Å². The van der Waals surface area contributed by atoms with Gasteiger partial charge >= 0.3 is 0 Å². The molecule has 0 amide bonds. The maximum Gasteiger partial charge on any atom is 0.231 e. The number of rotatable bonds is 7. The Bertz CT molecular complexity index is 324. The van der Waals surface area contributed by atoms with Gasteiger partial charge in [-0.3, -0.25) is 0 Å². The monoisotopic (exact) mass is 240 g/mol. The molecule has 0 aliphatic carbocycles. The van der Waals surface area contributed by atoms with Crippen LogP contribution in [0.15, 0.2) is 6.07 Å². The number of methoxy groups -OCH3 is 2. The number of hydrogen-bond donors (Lipinski definition) is 1. The zero-order chi connectivity index (χ0) is 12.7. The van der Waals surface area contributed by atoms with E-state index in [1.807, 2.05) is 11.8 Å². The van der Waals surface area contributed by atoms with Crippen LogP contribution >= 0.6 is 0 Å². The largest absolute Gasteiger partial charge is 0.481 e. The quantitative estimate of drug-likeness (QED) is 0.755. The number of nitrogens with zero attached hydrogens (tertiary/aromatic N) is 3. The van der Waals surface area contributed by atoms with Crippen LogP contribution in [0, 0.1) is 0 Å². The number of hydrogen-bond acceptors (Lipinski definition) is 6. The first-order valence-electron chi connectivity index (χ1n) is 5.67. The minimum Gasteiger partial charge on any atom is -0.481 e. The average molecular weight is 240 g/mol. The minimum absolute atomic E-state index is 0.498. The van der Waals surface area contributed by atoms with Gasteiger partial charge in [0, 0.05) is 13.1 Å². The molecule has 17 heavy (non-hydrogen) atoms. The van der Waals surface area contributed by atoms with E-state index < -0.39 is 0 Å². The molecule has 0 aliphatic rings. The van der Waals surface area contributed by atoms with Crippen LogP contribution < -0.4 is 20.1 Å². The molecular formula is C11H20N4O2. The summed E-state index contributed by atoms with van der Waals surface area (Å²) in [5, 5.41) is 0. The fraction of sp³-hybridized carbons (Fsp3) is 0.636. The second kappa shape index (κ2) is 6.90. The first kappa shape index (κ1) is 13.5. The molecule has 0 unspecified atom stereocenters. The molecule has 0 bridgehead atoms. The molecule has 0 aliphatic heterocycles. The lowest BCUT2D eigenvalue weighted by molar-refractivity contribution is 0.371. The summed E-state index contributed by atoms with van der Waals surface area (Å²) in [5.41, 5.74) is 5.50. The topological polar surface area (TPSA) is 73.5 Å². The van der Waals surface area contributed by atoms with E-state index in [9.17, 15) is 0 Å². The molecule has 0 spiro atoms. The van der Waals surface area contributed by atoms with Gasteiger partial charge in [0.2, 0.25) is 17.7 Å². The summed E-state index contributed by atoms with van der Waals surface area (Å²) in [7, 11) is 3.14. The van der Waals surface area contributed by atoms with Gasteiger partial charge in [0.1, 0.15) is 0 Å². The fourth-order valence-electron chi connectivity index (χ4n) is 1.42. The summed E-state index contributed by atoms with van der Waals surface area (Å²) in [6.45, 7) is 4.34. The molecule has 0 atom stereocenters. The maximum atomic E-state index is 5.50. The van der Waals surface area contributed by atoms with E-state index in [4.69, 9.17) is 15.2 Å². The highest BCUT2D eigenvalue weighted by atomic mass is 16.5. The van der Waals surface area contributed by atoms with Gasteiger partial charge in [0.25, 0.3) is 0 Å². The Morgan fingerprint density at radius 1 is 1.24 bits per heavy atom. The van der Waals surface area contributed by atoms with Crippen molar-refractivity contribution >= 4 is 5.95 Å². The molecule has 96 valence electrons. The third-order valence-corrected chi connectivity index (χ3v) is 2.38. The summed E-state index contributed by atoms with van der Waals surface area (Å²) in [6, 6.07) is 1.65. The smallest absolute Gasteiger partial charge is 0.231 e. The van der Waals surface area contributed by atoms with Crippen molar-refractivity contribution in [3.8, 4) is 11.8 Å². The lowest BCUT2D eigenvalue weighted by atomic mass is 10.4. The van der Waals surface area contributed by atoms with Gasteiger partial charge in [-0.25, -0.2) is 0 Å². The Morgan fingerprint density at radius 2 is 1.82 bits per heavy atom. The summed E-state index contributed by atoms with van der Waals surface area (Å²) in [4.78, 5) is 10.6. The van der Waals surface area contributed by atoms with E-state index in [2.05, 4.69) is 9.97 Å². The summed E-state index contributed by atoms with van der Waals surface area (Å²) in [5.74, 6) is 1.60. The summed E-state index contributed by atoms with van der Waals surface area (Å²) in [6.07, 6.45) is 0.900. The van der Waals surface area contributed by atoms with Gasteiger partial charge in [-0.15, -0.1) is 0 Å². The third kappa shape index (κ3) is 3.74. The summed E-state index contributed by atoms with van der Waals surface area (Å²) >= 11 is 0. The highest BCUT2D eigenvalue weighted by Crippen LogP contribution is 2.19. The number of anilines is 1. The molecule has 1 aromatic rings. The molecule has 6 heteroatoms. The molecular weight excluding hydrogens is 220 g/mol. The van der Waals surface area contributed by atoms with Crippen molar-refractivity contribution in [2.45, 2.75) is 13.3 Å². The molecule has 0 saturated carbocycles. The van der Waals surface area contributed by atoms with Gasteiger partial charge in [0.05, 0.1) is 20.3 Å². The molecule has 0 saturated heterocycles. The van der Waals surface area contributed by atoms with Crippen molar-refractivity contribution in [3.05, 3.63) is 6.07 Å². The predicted octanol–water partition coefficient (Wildman–Crippen LogP) is 0.669. The molecule has 1 heterocycles. The highest BCUT2D eigenvalue weighted by molar-refractivity contribution is 5.36. The predicted molar refractivity (Wildman–Crippen MR) is 66.7 cm³/mol. The minimum atomic E-state index is 0.498. The zero-order valence-electron chi connectivity index (χ0n) is 10.6. The van der Waals surface area contributed by atoms with Crippen LogP contribution in [0.1, 0.15) is 13.3 Å².